The summed E-state index contributed by atoms with van der Waals surface area (Å²) in [7, 11) is 1.95. The molecule has 104 valence electrons. The summed E-state index contributed by atoms with van der Waals surface area (Å²) in [6.45, 7) is 4.51. The van der Waals surface area contributed by atoms with E-state index in [9.17, 15) is 4.79 Å². The van der Waals surface area contributed by atoms with E-state index in [1.165, 1.54) is 11.1 Å². The molecule has 0 aromatic heterocycles. The first-order chi connectivity index (χ1) is 9.49. The van der Waals surface area contributed by atoms with Crippen molar-refractivity contribution < 1.29 is 4.79 Å². The number of hydrogen-bond donors (Lipinski definition) is 0. The number of likely N-dealkylation sites (N-methyl/N-ethyl adjacent to an activating group) is 1. The standard InChI is InChI=1S/C17H18BrNO/c1-12-8-9-16(13(2)10-12)19(3)11-17(20)14-6-4-5-7-15(14)18/h4-10H,11H2,1-3H3. The molecule has 0 heterocycles. The Hall–Kier alpha value is -1.61. The first-order valence-electron chi connectivity index (χ1n) is 6.55. The lowest BCUT2D eigenvalue weighted by atomic mass is 10.1. The van der Waals surface area contributed by atoms with Gasteiger partial charge >= 0.3 is 0 Å². The molecule has 0 aliphatic carbocycles. The maximum atomic E-state index is 12.4. The van der Waals surface area contributed by atoms with Gasteiger partial charge in [0.05, 0.1) is 6.54 Å². The highest BCUT2D eigenvalue weighted by Gasteiger charge is 2.13. The van der Waals surface area contributed by atoms with E-state index in [1.807, 2.05) is 36.2 Å². The van der Waals surface area contributed by atoms with Gasteiger partial charge in [-0.3, -0.25) is 4.79 Å². The second-order valence-corrected chi connectivity index (χ2v) is 5.90. The van der Waals surface area contributed by atoms with Gasteiger partial charge in [-0.15, -0.1) is 0 Å². The quantitative estimate of drug-likeness (QED) is 0.774. The van der Waals surface area contributed by atoms with E-state index in [4.69, 9.17) is 0 Å². The van der Waals surface area contributed by atoms with Crippen molar-refractivity contribution in [3.8, 4) is 0 Å². The van der Waals surface area contributed by atoms with Crippen molar-refractivity contribution in [1.82, 2.24) is 0 Å². The van der Waals surface area contributed by atoms with Crippen molar-refractivity contribution in [3.05, 3.63) is 63.6 Å². The van der Waals surface area contributed by atoms with Gasteiger partial charge in [0.25, 0.3) is 0 Å². The van der Waals surface area contributed by atoms with E-state index < -0.39 is 0 Å². The van der Waals surface area contributed by atoms with Gasteiger partial charge in [0, 0.05) is 22.8 Å². The first kappa shape index (κ1) is 14.8. The zero-order chi connectivity index (χ0) is 14.7. The third kappa shape index (κ3) is 3.28. The summed E-state index contributed by atoms with van der Waals surface area (Å²) in [6.07, 6.45) is 0. The van der Waals surface area contributed by atoms with Crippen LogP contribution in [0.1, 0.15) is 21.5 Å². The number of carbonyl (C=O) groups excluding carboxylic acids is 1. The van der Waals surface area contributed by atoms with Gasteiger partial charge in [-0.2, -0.15) is 0 Å². The lowest BCUT2D eigenvalue weighted by Gasteiger charge is -2.21. The highest BCUT2D eigenvalue weighted by Crippen LogP contribution is 2.21. The fourth-order valence-corrected chi connectivity index (χ4v) is 2.81. The van der Waals surface area contributed by atoms with Crippen LogP contribution in [0.4, 0.5) is 5.69 Å². The number of halogens is 1. The number of ketones is 1. The number of hydrogen-bond acceptors (Lipinski definition) is 2. The van der Waals surface area contributed by atoms with E-state index in [1.54, 1.807) is 0 Å². The molecule has 0 aliphatic heterocycles. The molecule has 2 aromatic rings. The van der Waals surface area contributed by atoms with Gasteiger partial charge in [-0.25, -0.2) is 0 Å². The van der Waals surface area contributed by atoms with Crippen LogP contribution < -0.4 is 4.90 Å². The normalized spacial score (nSPS) is 10.4. The molecule has 2 rings (SSSR count). The monoisotopic (exact) mass is 331 g/mol. The summed E-state index contributed by atoms with van der Waals surface area (Å²) < 4.78 is 0.846. The van der Waals surface area contributed by atoms with E-state index in [-0.39, 0.29) is 5.78 Å². The topological polar surface area (TPSA) is 20.3 Å². The second kappa shape index (κ2) is 6.23. The molecule has 0 radical (unpaired) electrons. The summed E-state index contributed by atoms with van der Waals surface area (Å²) in [5, 5.41) is 0. The summed E-state index contributed by atoms with van der Waals surface area (Å²) in [6, 6.07) is 13.8. The Morgan fingerprint density at radius 1 is 1.15 bits per heavy atom. The number of aryl methyl sites for hydroxylation is 2. The Labute approximate surface area is 128 Å². The van der Waals surface area contributed by atoms with Gasteiger partial charge in [0.1, 0.15) is 0 Å². The number of carbonyl (C=O) groups is 1. The maximum absolute atomic E-state index is 12.4. The minimum Gasteiger partial charge on any atom is -0.367 e. The molecule has 0 aliphatic rings. The average molecular weight is 332 g/mol. The fourth-order valence-electron chi connectivity index (χ4n) is 2.31. The number of nitrogens with zero attached hydrogens (tertiary/aromatic N) is 1. The molecule has 0 saturated carbocycles. The van der Waals surface area contributed by atoms with Crippen LogP contribution >= 0.6 is 15.9 Å². The Morgan fingerprint density at radius 3 is 2.50 bits per heavy atom. The average Bonchev–Trinajstić information content (AvgIpc) is 2.38. The van der Waals surface area contributed by atoms with E-state index in [0.29, 0.717) is 6.54 Å². The molecular formula is C17H18BrNO. The summed E-state index contributed by atoms with van der Waals surface area (Å²) in [5.41, 5.74) is 4.24. The fraction of sp³-hybridized carbons (Fsp3) is 0.235. The van der Waals surface area contributed by atoms with Crippen LogP contribution in [0.15, 0.2) is 46.9 Å². The number of Topliss-reactive ketones (excluding diaryl/α,β-unsaturated/α-hetero) is 1. The van der Waals surface area contributed by atoms with E-state index in [0.717, 1.165) is 15.7 Å². The molecule has 0 amide bonds. The first-order valence-corrected chi connectivity index (χ1v) is 7.34. The number of anilines is 1. The highest BCUT2D eigenvalue weighted by atomic mass is 79.9. The van der Waals surface area contributed by atoms with Crippen LogP contribution in [0.3, 0.4) is 0 Å². The van der Waals surface area contributed by atoms with Gasteiger partial charge in [0.2, 0.25) is 0 Å². The minimum atomic E-state index is 0.111. The number of rotatable bonds is 4. The SMILES string of the molecule is Cc1ccc(N(C)CC(=O)c2ccccc2Br)c(C)c1. The molecular weight excluding hydrogens is 314 g/mol. The predicted octanol–water partition coefficient (Wildman–Crippen LogP) is 4.39. The molecule has 0 spiro atoms. The highest BCUT2D eigenvalue weighted by molar-refractivity contribution is 9.10. The van der Waals surface area contributed by atoms with Crippen molar-refractivity contribution in [1.29, 1.82) is 0 Å². The van der Waals surface area contributed by atoms with Crippen LogP contribution in [0.2, 0.25) is 0 Å². The Kier molecular flexibility index (Phi) is 4.61. The van der Waals surface area contributed by atoms with Gasteiger partial charge in [-0.1, -0.05) is 51.8 Å². The molecule has 0 unspecified atom stereocenters. The van der Waals surface area contributed by atoms with E-state index in [2.05, 4.69) is 48.0 Å². The van der Waals surface area contributed by atoms with Crippen molar-refractivity contribution in [2.45, 2.75) is 13.8 Å². The molecule has 0 N–H and O–H groups in total. The van der Waals surface area contributed by atoms with Crippen molar-refractivity contribution in [3.63, 3.8) is 0 Å². The Balaban J connectivity index is 2.17. The lowest BCUT2D eigenvalue weighted by molar-refractivity contribution is 0.0999. The molecule has 0 bridgehead atoms. The smallest absolute Gasteiger partial charge is 0.183 e. The van der Waals surface area contributed by atoms with Gasteiger partial charge < -0.3 is 4.90 Å². The third-order valence-electron chi connectivity index (χ3n) is 3.32. The Morgan fingerprint density at radius 2 is 1.85 bits per heavy atom. The maximum Gasteiger partial charge on any atom is 0.183 e. The minimum absolute atomic E-state index is 0.111. The van der Waals surface area contributed by atoms with Crippen LogP contribution in [0.5, 0.6) is 0 Å². The van der Waals surface area contributed by atoms with Crippen LogP contribution in [-0.4, -0.2) is 19.4 Å². The zero-order valence-electron chi connectivity index (χ0n) is 12.0. The van der Waals surface area contributed by atoms with Gasteiger partial charge in [-0.05, 0) is 31.5 Å². The summed E-state index contributed by atoms with van der Waals surface area (Å²) >= 11 is 3.43. The van der Waals surface area contributed by atoms with Gasteiger partial charge in [0.15, 0.2) is 5.78 Å². The third-order valence-corrected chi connectivity index (χ3v) is 4.01. The zero-order valence-corrected chi connectivity index (χ0v) is 13.6. The van der Waals surface area contributed by atoms with Crippen molar-refractivity contribution in [2.24, 2.45) is 0 Å². The molecule has 20 heavy (non-hydrogen) atoms. The molecule has 0 fully saturated rings. The summed E-state index contributed by atoms with van der Waals surface area (Å²) in [4.78, 5) is 14.4. The predicted molar refractivity (Wildman–Crippen MR) is 87.7 cm³/mol. The van der Waals surface area contributed by atoms with Crippen LogP contribution in [-0.2, 0) is 0 Å². The summed E-state index contributed by atoms with van der Waals surface area (Å²) in [5.74, 6) is 0.111. The molecule has 0 atom stereocenters. The lowest BCUT2D eigenvalue weighted by Crippen LogP contribution is -2.26. The number of benzene rings is 2. The largest absolute Gasteiger partial charge is 0.367 e. The van der Waals surface area contributed by atoms with Crippen molar-refractivity contribution >= 4 is 27.4 Å². The second-order valence-electron chi connectivity index (χ2n) is 5.05. The molecule has 0 saturated heterocycles. The molecule has 3 heteroatoms. The van der Waals surface area contributed by atoms with Crippen LogP contribution in [0, 0.1) is 13.8 Å². The van der Waals surface area contributed by atoms with Crippen molar-refractivity contribution in [2.75, 3.05) is 18.5 Å². The molecule has 2 nitrogen and oxygen atoms in total. The Bertz CT molecular complexity index is 637. The molecule has 2 aromatic carbocycles. The van der Waals surface area contributed by atoms with Crippen LogP contribution in [0.25, 0.3) is 0 Å². The van der Waals surface area contributed by atoms with E-state index >= 15 is 0 Å².